The summed E-state index contributed by atoms with van der Waals surface area (Å²) in [5, 5.41) is 8.23. The van der Waals surface area contributed by atoms with E-state index in [1.165, 1.54) is 4.68 Å². The number of H-pyrrole nitrogens is 1. The van der Waals surface area contributed by atoms with Gasteiger partial charge in [0, 0.05) is 43.0 Å². The van der Waals surface area contributed by atoms with Crippen molar-refractivity contribution in [1.82, 2.24) is 30.0 Å². The second-order valence-electron chi connectivity index (χ2n) is 7.53. The van der Waals surface area contributed by atoms with Crippen LogP contribution in [0.1, 0.15) is 35.3 Å². The van der Waals surface area contributed by atoms with Crippen LogP contribution in [0.4, 0.5) is 0 Å². The van der Waals surface area contributed by atoms with Gasteiger partial charge in [0.25, 0.3) is 11.5 Å². The van der Waals surface area contributed by atoms with E-state index in [1.807, 2.05) is 19.1 Å². The number of aromatic nitrogens is 4. The molecule has 0 aliphatic carbocycles. The molecule has 29 heavy (non-hydrogen) atoms. The van der Waals surface area contributed by atoms with Crippen molar-refractivity contribution in [2.24, 2.45) is 0 Å². The summed E-state index contributed by atoms with van der Waals surface area (Å²) in [4.78, 5) is 34.3. The number of nitrogens with one attached hydrogen (secondary N) is 2. The number of fused-ring (bicyclic) bond motifs is 1. The van der Waals surface area contributed by atoms with Crippen LogP contribution in [0.3, 0.4) is 0 Å². The number of carbonyl (C=O) groups is 1. The Balaban J connectivity index is 1.38. The van der Waals surface area contributed by atoms with Gasteiger partial charge in [-0.25, -0.2) is 9.67 Å². The fourth-order valence-electron chi connectivity index (χ4n) is 3.97. The zero-order chi connectivity index (χ0) is 20.2. The minimum Gasteiger partial charge on any atom is -0.350 e. The lowest BCUT2D eigenvalue weighted by Crippen LogP contribution is -2.48. The Morgan fingerprint density at radius 1 is 1.28 bits per heavy atom. The van der Waals surface area contributed by atoms with Gasteiger partial charge in [0.2, 0.25) is 0 Å². The Labute approximate surface area is 168 Å². The van der Waals surface area contributed by atoms with E-state index in [-0.39, 0.29) is 17.5 Å². The Morgan fingerprint density at radius 2 is 2.17 bits per heavy atom. The van der Waals surface area contributed by atoms with Crippen molar-refractivity contribution >= 4 is 16.9 Å². The SMILES string of the molecule is Cc1ccc(=O)n(CCN2CCCCC2CNC(=O)c2c[nH]c3ncccc23)n1. The third-order valence-electron chi connectivity index (χ3n) is 5.54. The normalized spacial score (nSPS) is 17.5. The molecule has 8 heteroatoms. The van der Waals surface area contributed by atoms with E-state index in [2.05, 4.69) is 25.3 Å². The summed E-state index contributed by atoms with van der Waals surface area (Å²) in [6.07, 6.45) is 6.73. The van der Waals surface area contributed by atoms with E-state index in [9.17, 15) is 9.59 Å². The lowest BCUT2D eigenvalue weighted by molar-refractivity contribution is 0.0910. The summed E-state index contributed by atoms with van der Waals surface area (Å²) in [6.45, 7) is 4.74. The van der Waals surface area contributed by atoms with E-state index in [0.29, 0.717) is 24.3 Å². The van der Waals surface area contributed by atoms with Crippen LogP contribution in [-0.4, -0.2) is 56.2 Å². The number of rotatable bonds is 6. The first kappa shape index (κ1) is 19.3. The number of nitrogens with zero attached hydrogens (tertiary/aromatic N) is 4. The van der Waals surface area contributed by atoms with Crippen LogP contribution in [0.5, 0.6) is 0 Å². The number of likely N-dealkylation sites (tertiary alicyclic amines) is 1. The Hall–Kier alpha value is -3.00. The van der Waals surface area contributed by atoms with Gasteiger partial charge in [-0.05, 0) is 44.5 Å². The molecule has 8 nitrogen and oxygen atoms in total. The average molecular weight is 394 g/mol. The molecule has 1 fully saturated rings. The maximum absolute atomic E-state index is 12.7. The van der Waals surface area contributed by atoms with Gasteiger partial charge >= 0.3 is 0 Å². The molecule has 0 bridgehead atoms. The van der Waals surface area contributed by atoms with E-state index in [4.69, 9.17) is 0 Å². The predicted octanol–water partition coefficient (Wildman–Crippen LogP) is 1.71. The molecule has 0 spiro atoms. The second kappa shape index (κ2) is 8.57. The topological polar surface area (TPSA) is 95.9 Å². The Kier molecular flexibility index (Phi) is 5.71. The van der Waals surface area contributed by atoms with Gasteiger partial charge < -0.3 is 10.3 Å². The van der Waals surface area contributed by atoms with Crippen molar-refractivity contribution < 1.29 is 4.79 Å². The van der Waals surface area contributed by atoms with Crippen molar-refractivity contribution in [3.63, 3.8) is 0 Å². The quantitative estimate of drug-likeness (QED) is 0.664. The highest BCUT2D eigenvalue weighted by Crippen LogP contribution is 2.18. The highest BCUT2D eigenvalue weighted by Gasteiger charge is 2.23. The maximum atomic E-state index is 12.7. The molecule has 3 aromatic rings. The molecular weight excluding hydrogens is 368 g/mol. The fraction of sp³-hybridized carbons (Fsp3) is 0.429. The number of hydrogen-bond donors (Lipinski definition) is 2. The van der Waals surface area contributed by atoms with Crippen LogP contribution in [0.15, 0.2) is 41.5 Å². The monoisotopic (exact) mass is 394 g/mol. The largest absolute Gasteiger partial charge is 0.350 e. The van der Waals surface area contributed by atoms with Gasteiger partial charge in [-0.15, -0.1) is 0 Å². The summed E-state index contributed by atoms with van der Waals surface area (Å²) in [5.41, 5.74) is 2.09. The number of amides is 1. The fourth-order valence-corrected chi connectivity index (χ4v) is 3.97. The second-order valence-corrected chi connectivity index (χ2v) is 7.53. The molecule has 2 N–H and O–H groups in total. The smallest absolute Gasteiger partial charge is 0.266 e. The van der Waals surface area contributed by atoms with Gasteiger partial charge in [0.15, 0.2) is 0 Å². The molecule has 0 radical (unpaired) electrons. The molecule has 1 aliphatic heterocycles. The van der Waals surface area contributed by atoms with Crippen LogP contribution in [0.2, 0.25) is 0 Å². The third-order valence-corrected chi connectivity index (χ3v) is 5.54. The molecule has 152 valence electrons. The molecule has 4 rings (SSSR count). The van der Waals surface area contributed by atoms with Crippen molar-refractivity contribution in [2.45, 2.75) is 38.8 Å². The highest BCUT2D eigenvalue weighted by molar-refractivity contribution is 6.05. The van der Waals surface area contributed by atoms with Crippen LogP contribution in [-0.2, 0) is 6.54 Å². The molecule has 1 amide bonds. The third kappa shape index (κ3) is 4.37. The maximum Gasteiger partial charge on any atom is 0.266 e. The summed E-state index contributed by atoms with van der Waals surface area (Å²) in [5.74, 6) is -0.0913. The lowest BCUT2D eigenvalue weighted by atomic mass is 10.0. The summed E-state index contributed by atoms with van der Waals surface area (Å²) in [7, 11) is 0. The number of piperidine rings is 1. The molecule has 1 aliphatic rings. The van der Waals surface area contributed by atoms with E-state index in [1.54, 1.807) is 24.5 Å². The summed E-state index contributed by atoms with van der Waals surface area (Å²) in [6, 6.07) is 7.28. The van der Waals surface area contributed by atoms with Gasteiger partial charge in [-0.2, -0.15) is 5.10 Å². The Morgan fingerprint density at radius 3 is 3.07 bits per heavy atom. The first-order valence-corrected chi connectivity index (χ1v) is 10.1. The molecule has 1 unspecified atom stereocenters. The first-order chi connectivity index (χ1) is 14.1. The molecule has 0 aromatic carbocycles. The van der Waals surface area contributed by atoms with Gasteiger partial charge in [0.05, 0.1) is 17.8 Å². The van der Waals surface area contributed by atoms with Gasteiger partial charge in [-0.1, -0.05) is 6.42 Å². The van der Waals surface area contributed by atoms with Crippen LogP contribution in [0, 0.1) is 6.92 Å². The molecular formula is C21H26N6O2. The standard InChI is InChI=1S/C21H26N6O2/c1-15-7-8-19(28)27(25-15)12-11-26-10-3-2-5-16(26)13-24-21(29)18-14-23-20-17(18)6-4-9-22-20/h4,6-9,14,16H,2-3,5,10-13H2,1H3,(H,22,23)(H,24,29). The Bertz CT molecular complexity index is 1060. The number of aryl methyl sites for hydroxylation is 1. The molecule has 4 heterocycles. The number of aromatic amines is 1. The van der Waals surface area contributed by atoms with Gasteiger partial charge in [0.1, 0.15) is 5.65 Å². The predicted molar refractivity (Wildman–Crippen MR) is 111 cm³/mol. The average Bonchev–Trinajstić information content (AvgIpc) is 3.17. The minimum absolute atomic E-state index is 0.0783. The van der Waals surface area contributed by atoms with Crippen molar-refractivity contribution in [3.05, 3.63) is 58.3 Å². The van der Waals surface area contributed by atoms with Crippen LogP contribution in [0.25, 0.3) is 11.0 Å². The van der Waals surface area contributed by atoms with E-state index >= 15 is 0 Å². The van der Waals surface area contributed by atoms with Crippen molar-refractivity contribution in [2.75, 3.05) is 19.6 Å². The minimum atomic E-state index is -0.0913. The number of hydrogen-bond acceptors (Lipinski definition) is 5. The number of pyridine rings is 1. The number of carbonyl (C=O) groups excluding carboxylic acids is 1. The molecule has 1 saturated heterocycles. The van der Waals surface area contributed by atoms with Crippen LogP contribution >= 0.6 is 0 Å². The van der Waals surface area contributed by atoms with Crippen molar-refractivity contribution in [1.29, 1.82) is 0 Å². The van der Waals surface area contributed by atoms with Gasteiger partial charge in [-0.3, -0.25) is 14.5 Å². The summed E-state index contributed by atoms with van der Waals surface area (Å²) >= 11 is 0. The molecule has 1 atom stereocenters. The molecule has 3 aromatic heterocycles. The van der Waals surface area contributed by atoms with E-state index < -0.39 is 0 Å². The highest BCUT2D eigenvalue weighted by atomic mass is 16.1. The summed E-state index contributed by atoms with van der Waals surface area (Å²) < 4.78 is 1.53. The molecule has 0 saturated carbocycles. The lowest BCUT2D eigenvalue weighted by Gasteiger charge is -2.35. The zero-order valence-corrected chi connectivity index (χ0v) is 16.6. The van der Waals surface area contributed by atoms with Crippen LogP contribution < -0.4 is 10.9 Å². The first-order valence-electron chi connectivity index (χ1n) is 10.1. The van der Waals surface area contributed by atoms with E-state index in [0.717, 1.165) is 43.4 Å². The zero-order valence-electron chi connectivity index (χ0n) is 16.6. The van der Waals surface area contributed by atoms with Crippen molar-refractivity contribution in [3.8, 4) is 0 Å².